The molecule has 6 heteroatoms. The first-order valence-electron chi connectivity index (χ1n) is 8.65. The zero-order valence-electron chi connectivity index (χ0n) is 15.1. The van der Waals surface area contributed by atoms with E-state index in [1.54, 1.807) is 6.20 Å². The lowest BCUT2D eigenvalue weighted by Crippen LogP contribution is -2.16. The molecule has 0 amide bonds. The van der Waals surface area contributed by atoms with E-state index in [2.05, 4.69) is 39.4 Å². The van der Waals surface area contributed by atoms with Crippen molar-refractivity contribution in [2.75, 3.05) is 10.6 Å². The minimum atomic E-state index is 0.273. The molecule has 0 unspecified atom stereocenters. The highest BCUT2D eigenvalue weighted by atomic mass is 35.5. The Labute approximate surface area is 158 Å². The predicted molar refractivity (Wildman–Crippen MR) is 108 cm³/mol. The number of nitrogens with zero attached hydrogens (tertiary/aromatic N) is 3. The van der Waals surface area contributed by atoms with E-state index in [0.29, 0.717) is 16.8 Å². The third-order valence-electron chi connectivity index (χ3n) is 4.10. The molecule has 2 N–H and O–H groups in total. The van der Waals surface area contributed by atoms with Crippen molar-refractivity contribution in [3.05, 3.63) is 59.2 Å². The van der Waals surface area contributed by atoms with Crippen LogP contribution in [0.25, 0.3) is 11.4 Å². The van der Waals surface area contributed by atoms with Gasteiger partial charge in [0.15, 0.2) is 0 Å². The number of aryl methyl sites for hydroxylation is 1. The Hall–Kier alpha value is -2.66. The summed E-state index contributed by atoms with van der Waals surface area (Å²) in [6, 6.07) is 13.7. The van der Waals surface area contributed by atoms with Crippen LogP contribution in [0, 0.1) is 6.92 Å². The Kier molecular flexibility index (Phi) is 5.68. The Morgan fingerprint density at radius 3 is 2.65 bits per heavy atom. The number of benzene rings is 1. The first-order chi connectivity index (χ1) is 12.5. The third kappa shape index (κ3) is 4.49. The highest BCUT2D eigenvalue weighted by molar-refractivity contribution is 6.30. The molecule has 134 valence electrons. The lowest BCUT2D eigenvalue weighted by molar-refractivity contribution is 0.753. The molecular weight excluding hydrogens is 346 g/mol. The summed E-state index contributed by atoms with van der Waals surface area (Å²) in [5.41, 5.74) is 3.56. The molecule has 5 nitrogen and oxygen atoms in total. The van der Waals surface area contributed by atoms with Gasteiger partial charge in [0.05, 0.1) is 11.4 Å². The number of hydrogen-bond donors (Lipinski definition) is 2. The van der Waals surface area contributed by atoms with E-state index in [1.165, 1.54) is 0 Å². The van der Waals surface area contributed by atoms with E-state index >= 15 is 0 Å². The smallest absolute Gasteiger partial charge is 0.225 e. The molecule has 26 heavy (non-hydrogen) atoms. The molecule has 0 saturated carbocycles. The quantitative estimate of drug-likeness (QED) is 0.606. The van der Waals surface area contributed by atoms with Gasteiger partial charge in [-0.05, 0) is 50.1 Å². The molecule has 0 spiro atoms. The van der Waals surface area contributed by atoms with E-state index in [9.17, 15) is 0 Å². The standard InChI is InChI=1S/C20H22ClN5/c1-4-14(3)23-20-25-18(16-7-5-6-10-22-16)12-19(26-20)24-17-11-15(21)9-8-13(17)2/h5-12,14H,4H2,1-3H3,(H2,23,24,25,26)/t14-/m1/s1. The van der Waals surface area contributed by atoms with Gasteiger partial charge in [0, 0.05) is 29.0 Å². The average molecular weight is 368 g/mol. The molecule has 1 aromatic carbocycles. The number of nitrogens with one attached hydrogen (secondary N) is 2. The number of halogens is 1. The molecule has 1 atom stereocenters. The molecule has 0 fully saturated rings. The molecule has 0 aliphatic rings. The molecular formula is C20H22ClN5. The molecule has 0 aliphatic heterocycles. The topological polar surface area (TPSA) is 62.7 Å². The zero-order chi connectivity index (χ0) is 18.5. The van der Waals surface area contributed by atoms with Gasteiger partial charge < -0.3 is 10.6 Å². The van der Waals surface area contributed by atoms with E-state index in [-0.39, 0.29) is 6.04 Å². The fourth-order valence-electron chi connectivity index (χ4n) is 2.41. The summed E-state index contributed by atoms with van der Waals surface area (Å²) < 4.78 is 0. The summed E-state index contributed by atoms with van der Waals surface area (Å²) in [4.78, 5) is 13.6. The predicted octanol–water partition coefficient (Wildman–Crippen LogP) is 5.45. The molecule has 3 rings (SSSR count). The van der Waals surface area contributed by atoms with Gasteiger partial charge in [0.2, 0.25) is 5.95 Å². The van der Waals surface area contributed by atoms with E-state index in [4.69, 9.17) is 11.6 Å². The van der Waals surface area contributed by atoms with Gasteiger partial charge in [-0.2, -0.15) is 4.98 Å². The summed E-state index contributed by atoms with van der Waals surface area (Å²) >= 11 is 6.13. The highest BCUT2D eigenvalue weighted by Gasteiger charge is 2.10. The van der Waals surface area contributed by atoms with Gasteiger partial charge in [0.25, 0.3) is 0 Å². The van der Waals surface area contributed by atoms with Crippen LogP contribution >= 0.6 is 11.6 Å². The zero-order valence-corrected chi connectivity index (χ0v) is 15.9. The van der Waals surface area contributed by atoms with E-state index < -0.39 is 0 Å². The van der Waals surface area contributed by atoms with E-state index in [1.807, 2.05) is 49.4 Å². The Bertz CT molecular complexity index is 883. The minimum Gasteiger partial charge on any atom is -0.352 e. The lowest BCUT2D eigenvalue weighted by atomic mass is 10.2. The van der Waals surface area contributed by atoms with Gasteiger partial charge in [-0.15, -0.1) is 0 Å². The van der Waals surface area contributed by atoms with Crippen LogP contribution in [0.1, 0.15) is 25.8 Å². The second-order valence-electron chi connectivity index (χ2n) is 6.21. The van der Waals surface area contributed by atoms with Crippen molar-refractivity contribution < 1.29 is 0 Å². The first kappa shape index (κ1) is 18.1. The maximum atomic E-state index is 6.13. The molecule has 0 aliphatic carbocycles. The van der Waals surface area contributed by atoms with Crippen LogP contribution in [0.4, 0.5) is 17.5 Å². The van der Waals surface area contributed by atoms with Gasteiger partial charge in [-0.1, -0.05) is 30.7 Å². The Morgan fingerprint density at radius 1 is 1.08 bits per heavy atom. The van der Waals surface area contributed by atoms with Gasteiger partial charge in [0.1, 0.15) is 5.82 Å². The number of rotatable bonds is 6. The summed E-state index contributed by atoms with van der Waals surface area (Å²) in [5.74, 6) is 1.27. The van der Waals surface area contributed by atoms with Crippen molar-refractivity contribution in [3.63, 3.8) is 0 Å². The van der Waals surface area contributed by atoms with Crippen LogP contribution in [0.5, 0.6) is 0 Å². The fourth-order valence-corrected chi connectivity index (χ4v) is 2.58. The molecule has 3 aromatic rings. The second-order valence-corrected chi connectivity index (χ2v) is 6.65. The van der Waals surface area contributed by atoms with Crippen LogP contribution in [0.3, 0.4) is 0 Å². The maximum Gasteiger partial charge on any atom is 0.225 e. The van der Waals surface area contributed by atoms with Crippen LogP contribution in [0.2, 0.25) is 5.02 Å². The molecule has 0 saturated heterocycles. The molecule has 0 bridgehead atoms. The van der Waals surface area contributed by atoms with Crippen LogP contribution in [-0.2, 0) is 0 Å². The molecule has 2 aromatic heterocycles. The number of anilines is 3. The number of pyridine rings is 1. The largest absolute Gasteiger partial charge is 0.352 e. The average Bonchev–Trinajstić information content (AvgIpc) is 2.65. The second kappa shape index (κ2) is 8.15. The van der Waals surface area contributed by atoms with Crippen molar-refractivity contribution in [2.24, 2.45) is 0 Å². The van der Waals surface area contributed by atoms with Gasteiger partial charge in [-0.25, -0.2) is 4.98 Å². The summed E-state index contributed by atoms with van der Waals surface area (Å²) in [6.07, 6.45) is 2.74. The van der Waals surface area contributed by atoms with Gasteiger partial charge in [-0.3, -0.25) is 4.98 Å². The lowest BCUT2D eigenvalue weighted by Gasteiger charge is -2.15. The maximum absolute atomic E-state index is 6.13. The van der Waals surface area contributed by atoms with Crippen molar-refractivity contribution in [1.29, 1.82) is 0 Å². The summed E-state index contributed by atoms with van der Waals surface area (Å²) in [7, 11) is 0. The Morgan fingerprint density at radius 2 is 1.92 bits per heavy atom. The van der Waals surface area contributed by atoms with E-state index in [0.717, 1.165) is 29.1 Å². The van der Waals surface area contributed by atoms with Crippen LogP contribution in [-0.4, -0.2) is 21.0 Å². The molecule has 0 radical (unpaired) electrons. The van der Waals surface area contributed by atoms with Gasteiger partial charge >= 0.3 is 0 Å². The number of hydrogen-bond acceptors (Lipinski definition) is 5. The van der Waals surface area contributed by atoms with Crippen molar-refractivity contribution in [1.82, 2.24) is 15.0 Å². The SMILES string of the molecule is CC[C@@H](C)Nc1nc(Nc2cc(Cl)ccc2C)cc(-c2ccccn2)n1. The van der Waals surface area contributed by atoms with Crippen molar-refractivity contribution >= 4 is 29.1 Å². The van der Waals surface area contributed by atoms with Crippen LogP contribution in [0.15, 0.2) is 48.7 Å². The highest BCUT2D eigenvalue weighted by Crippen LogP contribution is 2.26. The molecule has 2 heterocycles. The fraction of sp³-hybridized carbons (Fsp3) is 0.250. The third-order valence-corrected chi connectivity index (χ3v) is 4.34. The van der Waals surface area contributed by atoms with Crippen molar-refractivity contribution in [2.45, 2.75) is 33.2 Å². The number of aromatic nitrogens is 3. The summed E-state index contributed by atoms with van der Waals surface area (Å²) in [6.45, 7) is 6.25. The van der Waals surface area contributed by atoms with Crippen molar-refractivity contribution in [3.8, 4) is 11.4 Å². The summed E-state index contributed by atoms with van der Waals surface area (Å²) in [5, 5.41) is 7.37. The monoisotopic (exact) mass is 367 g/mol. The Balaban J connectivity index is 2.00. The minimum absolute atomic E-state index is 0.273. The first-order valence-corrected chi connectivity index (χ1v) is 9.03. The van der Waals surface area contributed by atoms with Crippen LogP contribution < -0.4 is 10.6 Å². The normalized spacial score (nSPS) is 11.8.